The molecule has 1 aromatic heterocycles. The van der Waals surface area contributed by atoms with Crippen LogP contribution < -0.4 is 16.0 Å². The molecule has 2 heterocycles. The number of rotatable bonds is 9. The van der Waals surface area contributed by atoms with Crippen LogP contribution in [0.15, 0.2) is 35.5 Å². The van der Waals surface area contributed by atoms with Gasteiger partial charge >= 0.3 is 0 Å². The Morgan fingerprint density at radius 3 is 2.81 bits per heavy atom. The lowest BCUT2D eigenvalue weighted by atomic mass is 10.2. The van der Waals surface area contributed by atoms with Gasteiger partial charge in [0.2, 0.25) is 5.91 Å². The topological polar surface area (TPSA) is 90.9 Å². The first-order valence-corrected chi connectivity index (χ1v) is 11.5. The maximum Gasteiger partial charge on any atom is 0.225 e. The molecule has 3 rings (SSSR count). The molecule has 0 bridgehead atoms. The summed E-state index contributed by atoms with van der Waals surface area (Å²) in [6.45, 7) is 7.51. The van der Waals surface area contributed by atoms with E-state index in [-0.39, 0.29) is 29.9 Å². The molecule has 0 aliphatic carbocycles. The second kappa shape index (κ2) is 14.4. The van der Waals surface area contributed by atoms with E-state index in [2.05, 4.69) is 37.8 Å². The van der Waals surface area contributed by atoms with E-state index in [1.54, 1.807) is 18.4 Å². The quantitative estimate of drug-likeness (QED) is 0.243. The molecule has 1 fully saturated rings. The first-order chi connectivity index (χ1) is 15.1. The van der Waals surface area contributed by atoms with Crippen molar-refractivity contribution in [2.75, 3.05) is 51.8 Å². The van der Waals surface area contributed by atoms with Crippen LogP contribution in [-0.4, -0.2) is 68.2 Å². The monoisotopic (exact) mass is 572 g/mol. The van der Waals surface area contributed by atoms with Crippen molar-refractivity contribution in [3.05, 3.63) is 45.9 Å². The van der Waals surface area contributed by atoms with E-state index >= 15 is 0 Å². The summed E-state index contributed by atoms with van der Waals surface area (Å²) in [4.78, 5) is 24.4. The average molecular weight is 573 g/mol. The number of benzene rings is 1. The third kappa shape index (κ3) is 9.39. The lowest BCUT2D eigenvalue weighted by Gasteiger charge is -2.26. The molecule has 0 unspecified atom stereocenters. The molecule has 2 aromatic rings. The van der Waals surface area contributed by atoms with Crippen LogP contribution in [0, 0.1) is 6.92 Å². The Balaban J connectivity index is 0.00000363. The molecule has 8 nitrogen and oxygen atoms in total. The number of carbonyl (C=O) groups is 1. The van der Waals surface area contributed by atoms with Crippen LogP contribution in [0.3, 0.4) is 0 Å². The number of nitrogens with one attached hydrogen (secondary N) is 3. The van der Waals surface area contributed by atoms with E-state index in [1.165, 1.54) is 4.88 Å². The van der Waals surface area contributed by atoms with Gasteiger partial charge < -0.3 is 20.7 Å². The second-order valence-electron chi connectivity index (χ2n) is 7.42. The number of aromatic nitrogens is 1. The molecule has 176 valence electrons. The Morgan fingerprint density at radius 1 is 1.28 bits per heavy atom. The van der Waals surface area contributed by atoms with Gasteiger partial charge in [0.15, 0.2) is 5.96 Å². The normalized spacial score (nSPS) is 14.5. The van der Waals surface area contributed by atoms with Gasteiger partial charge in [0.25, 0.3) is 0 Å². The number of thiazole rings is 1. The fourth-order valence-corrected chi connectivity index (χ4v) is 4.06. The molecule has 1 amide bonds. The van der Waals surface area contributed by atoms with E-state index in [0.29, 0.717) is 13.0 Å². The van der Waals surface area contributed by atoms with E-state index < -0.39 is 0 Å². The third-order valence-corrected chi connectivity index (χ3v) is 5.93. The fourth-order valence-electron chi connectivity index (χ4n) is 3.28. The highest BCUT2D eigenvalue weighted by molar-refractivity contribution is 14.0. The van der Waals surface area contributed by atoms with Crippen molar-refractivity contribution in [3.63, 3.8) is 0 Å². The van der Waals surface area contributed by atoms with Crippen molar-refractivity contribution in [3.8, 4) is 0 Å². The lowest BCUT2D eigenvalue weighted by molar-refractivity contribution is -0.116. The Hall–Kier alpha value is -1.76. The summed E-state index contributed by atoms with van der Waals surface area (Å²) in [5.74, 6) is 0.778. The highest BCUT2D eigenvalue weighted by Gasteiger charge is 2.12. The van der Waals surface area contributed by atoms with E-state index in [1.807, 2.05) is 30.5 Å². The molecule has 0 atom stereocenters. The summed E-state index contributed by atoms with van der Waals surface area (Å²) < 4.78 is 5.34. The van der Waals surface area contributed by atoms with Gasteiger partial charge in [0, 0.05) is 69.4 Å². The van der Waals surface area contributed by atoms with Gasteiger partial charge in [-0.25, -0.2) is 4.98 Å². The van der Waals surface area contributed by atoms with Crippen LogP contribution in [0.25, 0.3) is 0 Å². The molecule has 0 spiro atoms. The number of nitrogens with zero attached hydrogens (tertiary/aromatic N) is 3. The lowest BCUT2D eigenvalue weighted by Crippen LogP contribution is -2.38. The van der Waals surface area contributed by atoms with Gasteiger partial charge in [-0.3, -0.25) is 14.7 Å². The maximum atomic E-state index is 12.3. The third-order valence-electron chi connectivity index (χ3n) is 4.95. The SMILES string of the molecule is CN=C(NCCc1ncc(C)s1)NCc1cccc(NC(=O)CCN2CCOCC2)c1.I. The summed E-state index contributed by atoms with van der Waals surface area (Å²) in [6.07, 6.45) is 3.25. The standard InChI is InChI=1S/C22H32N6O2S.HI/c1-17-15-25-21(31-17)6-8-24-22(23-2)26-16-18-4-3-5-19(14-18)27-20(29)7-9-28-10-12-30-13-11-28;/h3-5,14-15H,6-13,16H2,1-2H3,(H,27,29)(H2,23,24,26);1H. The van der Waals surface area contributed by atoms with Crippen molar-refractivity contribution in [1.82, 2.24) is 20.5 Å². The number of aryl methyl sites for hydroxylation is 1. The summed E-state index contributed by atoms with van der Waals surface area (Å²) in [5, 5.41) is 10.8. The average Bonchev–Trinajstić information content (AvgIpc) is 3.20. The summed E-state index contributed by atoms with van der Waals surface area (Å²) in [5.41, 5.74) is 1.89. The molecule has 1 aliphatic heterocycles. The van der Waals surface area contributed by atoms with Crippen molar-refractivity contribution in [1.29, 1.82) is 0 Å². The van der Waals surface area contributed by atoms with Crippen LogP contribution in [0.1, 0.15) is 21.9 Å². The van der Waals surface area contributed by atoms with E-state index in [0.717, 1.165) is 68.0 Å². The number of ether oxygens (including phenoxy) is 1. The number of guanidine groups is 1. The zero-order valence-corrected chi connectivity index (χ0v) is 21.9. The number of carbonyl (C=O) groups excluding carboxylic acids is 1. The van der Waals surface area contributed by atoms with Crippen molar-refractivity contribution >= 4 is 52.9 Å². The number of anilines is 1. The summed E-state index contributed by atoms with van der Waals surface area (Å²) >= 11 is 1.72. The number of amides is 1. The minimum Gasteiger partial charge on any atom is -0.379 e. The first kappa shape index (κ1) is 26.5. The first-order valence-electron chi connectivity index (χ1n) is 10.7. The predicted octanol–water partition coefficient (Wildman–Crippen LogP) is 2.64. The largest absolute Gasteiger partial charge is 0.379 e. The molecule has 10 heteroatoms. The van der Waals surface area contributed by atoms with Gasteiger partial charge in [-0.05, 0) is 24.6 Å². The van der Waals surface area contributed by atoms with Gasteiger partial charge in [-0.1, -0.05) is 12.1 Å². The molecule has 32 heavy (non-hydrogen) atoms. The van der Waals surface area contributed by atoms with Gasteiger partial charge in [-0.2, -0.15) is 0 Å². The number of morpholine rings is 1. The molecule has 0 saturated carbocycles. The van der Waals surface area contributed by atoms with Crippen LogP contribution >= 0.6 is 35.3 Å². The number of aliphatic imine (C=N–C) groups is 1. The Labute approximate surface area is 211 Å². The smallest absolute Gasteiger partial charge is 0.225 e. The van der Waals surface area contributed by atoms with Crippen molar-refractivity contribution in [2.45, 2.75) is 26.3 Å². The molecular formula is C22H33IN6O2S. The maximum absolute atomic E-state index is 12.3. The minimum absolute atomic E-state index is 0. The Bertz CT molecular complexity index is 870. The molecular weight excluding hydrogens is 539 g/mol. The van der Waals surface area contributed by atoms with Crippen LogP contribution in [0.5, 0.6) is 0 Å². The van der Waals surface area contributed by atoms with Gasteiger partial charge in [0.1, 0.15) is 0 Å². The van der Waals surface area contributed by atoms with Crippen LogP contribution in [0.4, 0.5) is 5.69 Å². The molecule has 1 aliphatic rings. The molecule has 0 radical (unpaired) electrons. The zero-order chi connectivity index (χ0) is 21.9. The van der Waals surface area contributed by atoms with E-state index in [4.69, 9.17) is 4.74 Å². The number of hydrogen-bond donors (Lipinski definition) is 3. The Morgan fingerprint density at radius 2 is 2.09 bits per heavy atom. The van der Waals surface area contributed by atoms with Crippen molar-refractivity contribution < 1.29 is 9.53 Å². The van der Waals surface area contributed by atoms with Gasteiger partial charge in [-0.15, -0.1) is 35.3 Å². The highest BCUT2D eigenvalue weighted by atomic mass is 127. The van der Waals surface area contributed by atoms with Gasteiger partial charge in [0.05, 0.1) is 18.2 Å². The number of hydrogen-bond acceptors (Lipinski definition) is 6. The Kier molecular flexibility index (Phi) is 11.9. The summed E-state index contributed by atoms with van der Waals surface area (Å²) in [6, 6.07) is 7.89. The second-order valence-corrected chi connectivity index (χ2v) is 8.74. The fraction of sp³-hybridized carbons (Fsp3) is 0.500. The van der Waals surface area contributed by atoms with Crippen molar-refractivity contribution in [2.24, 2.45) is 4.99 Å². The molecule has 1 aromatic carbocycles. The van der Waals surface area contributed by atoms with Crippen LogP contribution in [-0.2, 0) is 22.5 Å². The summed E-state index contributed by atoms with van der Waals surface area (Å²) in [7, 11) is 1.76. The highest BCUT2D eigenvalue weighted by Crippen LogP contribution is 2.12. The van der Waals surface area contributed by atoms with Crippen LogP contribution in [0.2, 0.25) is 0 Å². The molecule has 3 N–H and O–H groups in total. The zero-order valence-electron chi connectivity index (χ0n) is 18.7. The minimum atomic E-state index is 0. The predicted molar refractivity (Wildman–Crippen MR) is 141 cm³/mol. The number of halogens is 1. The van der Waals surface area contributed by atoms with E-state index in [9.17, 15) is 4.79 Å². The molecule has 1 saturated heterocycles.